The molecule has 0 atom stereocenters. The van der Waals surface area contributed by atoms with Gasteiger partial charge in [0.25, 0.3) is 11.1 Å². The van der Waals surface area contributed by atoms with E-state index in [2.05, 4.69) is 15.0 Å². The maximum absolute atomic E-state index is 12.8. The van der Waals surface area contributed by atoms with Crippen molar-refractivity contribution in [3.05, 3.63) is 66.6 Å². The van der Waals surface area contributed by atoms with Crippen LogP contribution in [-0.4, -0.2) is 25.5 Å². The number of aryl methyl sites for hydroxylation is 3. The van der Waals surface area contributed by atoms with Crippen LogP contribution in [0.4, 0.5) is 0 Å². The summed E-state index contributed by atoms with van der Waals surface area (Å²) in [4.78, 5) is 51.3. The minimum Gasteiger partial charge on any atom is -0.454 e. The molecular weight excluding hydrogens is 428 g/mol. The Labute approximate surface area is 186 Å². The lowest BCUT2D eigenvalue weighted by molar-refractivity contribution is 0.0462. The number of carbonyl (C=O) groups excluding carboxylic acids is 1. The van der Waals surface area contributed by atoms with Crippen molar-refractivity contribution in [2.45, 2.75) is 52.7 Å². The molecule has 1 aliphatic rings. The van der Waals surface area contributed by atoms with E-state index < -0.39 is 5.97 Å². The lowest BCUT2D eigenvalue weighted by Crippen LogP contribution is -2.24. The van der Waals surface area contributed by atoms with Crippen molar-refractivity contribution in [1.82, 2.24) is 19.5 Å². The number of carbonyl (C=O) groups is 1. The van der Waals surface area contributed by atoms with Crippen LogP contribution in [0.2, 0.25) is 0 Å². The smallest absolute Gasteiger partial charge is 0.338 e. The van der Waals surface area contributed by atoms with E-state index in [4.69, 9.17) is 4.74 Å². The molecule has 1 aliphatic heterocycles. The van der Waals surface area contributed by atoms with Gasteiger partial charge < -0.3 is 9.72 Å². The lowest BCUT2D eigenvalue weighted by Gasteiger charge is -2.11. The summed E-state index contributed by atoms with van der Waals surface area (Å²) in [5, 5.41) is 1.07. The van der Waals surface area contributed by atoms with Gasteiger partial charge in [-0.15, -0.1) is 11.3 Å². The van der Waals surface area contributed by atoms with Gasteiger partial charge >= 0.3 is 5.97 Å². The molecule has 0 fully saturated rings. The highest BCUT2D eigenvalue weighted by atomic mass is 32.1. The van der Waals surface area contributed by atoms with Crippen LogP contribution in [0.3, 0.4) is 0 Å². The summed E-state index contributed by atoms with van der Waals surface area (Å²) in [6, 6.07) is 4.79. The molecule has 5 rings (SSSR count). The van der Waals surface area contributed by atoms with Gasteiger partial charge in [0, 0.05) is 17.8 Å². The monoisotopic (exact) mass is 450 g/mol. The van der Waals surface area contributed by atoms with Crippen LogP contribution in [0.15, 0.2) is 27.8 Å². The third-order valence-corrected chi connectivity index (χ3v) is 7.08. The van der Waals surface area contributed by atoms with Crippen molar-refractivity contribution in [3.63, 3.8) is 0 Å². The van der Waals surface area contributed by atoms with Gasteiger partial charge in [0.1, 0.15) is 23.1 Å². The molecule has 4 aromatic rings. The fraction of sp³-hybridized carbons (Fsp3) is 0.348. The zero-order valence-electron chi connectivity index (χ0n) is 17.9. The Balaban J connectivity index is 1.41. The SMILES string of the molecule is Cc1sc2nc(COC(=O)c3ccc4c(=O)n5c(nc4c3)CCCCC5)[nH]c(=O)c2c1C. The highest BCUT2D eigenvalue weighted by Gasteiger charge is 2.17. The van der Waals surface area contributed by atoms with Crippen LogP contribution in [0.1, 0.15) is 51.7 Å². The van der Waals surface area contributed by atoms with Crippen LogP contribution >= 0.6 is 11.3 Å². The number of benzene rings is 1. The number of hydrogen-bond acceptors (Lipinski definition) is 7. The fourth-order valence-corrected chi connectivity index (χ4v) is 5.18. The molecule has 0 spiro atoms. The quantitative estimate of drug-likeness (QED) is 0.480. The van der Waals surface area contributed by atoms with E-state index in [0.717, 1.165) is 41.9 Å². The number of fused-ring (bicyclic) bond motifs is 3. The molecule has 0 radical (unpaired) electrons. The molecule has 0 saturated carbocycles. The first-order valence-corrected chi connectivity index (χ1v) is 11.4. The summed E-state index contributed by atoms with van der Waals surface area (Å²) in [7, 11) is 0. The summed E-state index contributed by atoms with van der Waals surface area (Å²) in [5.41, 5.74) is 1.41. The second-order valence-corrected chi connectivity index (χ2v) is 9.28. The van der Waals surface area contributed by atoms with Crippen LogP contribution < -0.4 is 11.1 Å². The fourth-order valence-electron chi connectivity index (χ4n) is 4.13. The molecule has 0 aliphatic carbocycles. The number of aromatic amines is 1. The van der Waals surface area contributed by atoms with Gasteiger partial charge in [-0.1, -0.05) is 6.42 Å². The maximum Gasteiger partial charge on any atom is 0.338 e. The van der Waals surface area contributed by atoms with E-state index in [1.165, 1.54) is 11.3 Å². The number of ether oxygens (including phenoxy) is 1. The van der Waals surface area contributed by atoms with Crippen molar-refractivity contribution in [3.8, 4) is 0 Å². The van der Waals surface area contributed by atoms with Crippen molar-refractivity contribution < 1.29 is 9.53 Å². The lowest BCUT2D eigenvalue weighted by atomic mass is 10.1. The van der Waals surface area contributed by atoms with Gasteiger partial charge in [-0.25, -0.2) is 14.8 Å². The number of nitrogens with zero attached hydrogens (tertiary/aromatic N) is 3. The molecule has 8 nitrogen and oxygen atoms in total. The number of esters is 1. The topological polar surface area (TPSA) is 107 Å². The Morgan fingerprint density at radius 1 is 1.19 bits per heavy atom. The number of thiophene rings is 1. The molecule has 0 bridgehead atoms. The Kier molecular flexibility index (Phi) is 5.13. The zero-order chi connectivity index (χ0) is 22.4. The van der Waals surface area contributed by atoms with Gasteiger partial charge in [0.15, 0.2) is 0 Å². The number of rotatable bonds is 3. The van der Waals surface area contributed by atoms with Crippen molar-refractivity contribution in [2.75, 3.05) is 0 Å². The molecule has 32 heavy (non-hydrogen) atoms. The second-order valence-electron chi connectivity index (χ2n) is 8.08. The summed E-state index contributed by atoms with van der Waals surface area (Å²) < 4.78 is 7.14. The molecule has 1 aromatic carbocycles. The van der Waals surface area contributed by atoms with E-state index >= 15 is 0 Å². The number of aromatic nitrogens is 4. The van der Waals surface area contributed by atoms with Crippen LogP contribution in [0.25, 0.3) is 21.1 Å². The average Bonchev–Trinajstić information content (AvgIpc) is 2.93. The second kappa shape index (κ2) is 7.98. The average molecular weight is 451 g/mol. The summed E-state index contributed by atoms with van der Waals surface area (Å²) in [6.45, 7) is 4.36. The van der Waals surface area contributed by atoms with Crippen molar-refractivity contribution in [1.29, 1.82) is 0 Å². The predicted molar refractivity (Wildman–Crippen MR) is 122 cm³/mol. The first-order chi connectivity index (χ1) is 15.4. The van der Waals surface area contributed by atoms with E-state index in [9.17, 15) is 14.4 Å². The largest absolute Gasteiger partial charge is 0.454 e. The third kappa shape index (κ3) is 3.52. The van der Waals surface area contributed by atoms with Gasteiger partial charge in [0.2, 0.25) is 0 Å². The molecule has 0 amide bonds. The standard InChI is InChI=1S/C23H22N4O4S/c1-12-13(2)32-21-19(12)20(28)25-17(26-21)11-31-23(30)14-7-8-15-16(10-14)24-18-6-4-3-5-9-27(18)22(15)29/h7-8,10H,3-6,9,11H2,1-2H3,(H,25,26,28). The first-order valence-electron chi connectivity index (χ1n) is 10.6. The number of hydrogen-bond donors (Lipinski definition) is 1. The summed E-state index contributed by atoms with van der Waals surface area (Å²) in [5.74, 6) is 0.492. The first kappa shape index (κ1) is 20.6. The molecule has 3 aromatic heterocycles. The zero-order valence-corrected chi connectivity index (χ0v) is 18.7. The van der Waals surface area contributed by atoms with Gasteiger partial charge in [-0.2, -0.15) is 0 Å². The third-order valence-electron chi connectivity index (χ3n) is 5.98. The van der Waals surface area contributed by atoms with Crippen molar-refractivity contribution in [2.24, 2.45) is 0 Å². The molecular formula is C23H22N4O4S. The summed E-state index contributed by atoms with van der Waals surface area (Å²) >= 11 is 1.44. The van der Waals surface area contributed by atoms with E-state index in [1.807, 2.05) is 13.8 Å². The van der Waals surface area contributed by atoms with Crippen LogP contribution in [-0.2, 0) is 24.3 Å². The Morgan fingerprint density at radius 3 is 2.88 bits per heavy atom. The Hall–Kier alpha value is -3.33. The Bertz CT molecular complexity index is 1500. The van der Waals surface area contributed by atoms with E-state index in [-0.39, 0.29) is 17.7 Å². The van der Waals surface area contributed by atoms with E-state index in [0.29, 0.717) is 39.1 Å². The normalized spacial score (nSPS) is 13.8. The molecule has 9 heteroatoms. The summed E-state index contributed by atoms with van der Waals surface area (Å²) in [6.07, 6.45) is 3.79. The number of H-pyrrole nitrogens is 1. The van der Waals surface area contributed by atoms with Gasteiger partial charge in [-0.05, 0) is 50.5 Å². The minimum absolute atomic E-state index is 0.0663. The number of nitrogens with one attached hydrogen (secondary N) is 1. The van der Waals surface area contributed by atoms with Crippen LogP contribution in [0.5, 0.6) is 0 Å². The highest BCUT2D eigenvalue weighted by Crippen LogP contribution is 2.25. The molecule has 0 saturated heterocycles. The molecule has 164 valence electrons. The molecule has 1 N–H and O–H groups in total. The molecule has 4 heterocycles. The van der Waals surface area contributed by atoms with E-state index in [1.54, 1.807) is 22.8 Å². The molecule has 0 unspecified atom stereocenters. The van der Waals surface area contributed by atoms with Gasteiger partial charge in [0.05, 0.1) is 21.9 Å². The Morgan fingerprint density at radius 2 is 2.03 bits per heavy atom. The van der Waals surface area contributed by atoms with Crippen molar-refractivity contribution >= 4 is 38.4 Å². The predicted octanol–water partition coefficient (Wildman–Crippen LogP) is 3.39. The van der Waals surface area contributed by atoms with Gasteiger partial charge in [-0.3, -0.25) is 14.2 Å². The highest BCUT2D eigenvalue weighted by molar-refractivity contribution is 7.18. The van der Waals surface area contributed by atoms with Crippen LogP contribution in [0, 0.1) is 13.8 Å². The minimum atomic E-state index is -0.565. The maximum atomic E-state index is 12.8.